The number of aliphatic hydroxyl groups is 3. The van der Waals surface area contributed by atoms with E-state index < -0.39 is 39.1 Å². The van der Waals surface area contributed by atoms with Gasteiger partial charge in [0.15, 0.2) is 8.38 Å². The zero-order valence-corrected chi connectivity index (χ0v) is 14.2. The van der Waals surface area contributed by atoms with Crippen LogP contribution in [0.5, 0.6) is 0 Å². The molecule has 0 aromatic rings. The first-order chi connectivity index (χ1) is 10.9. The average molecular weight is 348 g/mol. The molecule has 0 spiro atoms. The first-order valence-corrected chi connectivity index (χ1v) is 8.66. The molecule has 7 nitrogen and oxygen atoms in total. The largest absolute Gasteiger partial charge is 0.462 e. The maximum absolute atomic E-state index is 10.0. The molecule has 0 aliphatic carbocycles. The van der Waals surface area contributed by atoms with E-state index in [1.807, 2.05) is 6.92 Å². The van der Waals surface area contributed by atoms with Crippen LogP contribution in [0.4, 0.5) is 0 Å². The Bertz CT molecular complexity index is 426. The molecule has 23 heavy (non-hydrogen) atoms. The van der Waals surface area contributed by atoms with E-state index in [4.69, 9.17) is 14.0 Å². The van der Waals surface area contributed by atoms with Crippen molar-refractivity contribution in [2.24, 2.45) is 0 Å². The van der Waals surface area contributed by atoms with Crippen LogP contribution < -0.4 is 0 Å². The van der Waals surface area contributed by atoms with Crippen LogP contribution in [0, 0.1) is 0 Å². The van der Waals surface area contributed by atoms with Crippen molar-refractivity contribution in [1.29, 1.82) is 0 Å². The van der Waals surface area contributed by atoms with Gasteiger partial charge in [0, 0.05) is 13.3 Å². The van der Waals surface area contributed by atoms with Crippen LogP contribution in [0.2, 0.25) is 0 Å². The summed E-state index contributed by atoms with van der Waals surface area (Å²) in [4.78, 5) is 9.47. The average Bonchev–Trinajstić information content (AvgIpc) is 2.56. The van der Waals surface area contributed by atoms with Gasteiger partial charge < -0.3 is 34.2 Å². The topological polar surface area (TPSA) is 109 Å². The van der Waals surface area contributed by atoms with E-state index in [0.717, 1.165) is 0 Å². The zero-order valence-electron chi connectivity index (χ0n) is 13.3. The Kier molecular flexibility index (Phi) is 8.94. The summed E-state index contributed by atoms with van der Waals surface area (Å²) in [6.45, 7) is 5.44. The van der Waals surface area contributed by atoms with Gasteiger partial charge in [0.2, 0.25) is 6.29 Å². The Morgan fingerprint density at radius 1 is 1.26 bits per heavy atom. The zero-order chi connectivity index (χ0) is 17.4. The molecule has 1 aliphatic heterocycles. The van der Waals surface area contributed by atoms with E-state index in [9.17, 15) is 20.2 Å². The molecular weight excluding hydrogens is 323 g/mol. The van der Waals surface area contributed by atoms with Crippen molar-refractivity contribution in [2.45, 2.75) is 44.1 Å². The molecule has 8 heteroatoms. The predicted molar refractivity (Wildman–Crippen MR) is 86.5 cm³/mol. The SMILES string of the molecule is C=C/C(=C\C=C/C)O[C@H]1OC(CCP(O)OC)[C@@H](O)C(O)C1O. The van der Waals surface area contributed by atoms with E-state index in [0.29, 0.717) is 5.76 Å². The second-order valence-electron chi connectivity index (χ2n) is 4.98. The highest BCUT2D eigenvalue weighted by Gasteiger charge is 2.44. The van der Waals surface area contributed by atoms with Crippen molar-refractivity contribution in [3.8, 4) is 0 Å². The lowest BCUT2D eigenvalue weighted by Crippen LogP contribution is -2.58. The predicted octanol–water partition coefficient (Wildman–Crippen LogP) is 0.797. The van der Waals surface area contributed by atoms with Crippen molar-refractivity contribution in [2.75, 3.05) is 13.3 Å². The fourth-order valence-electron chi connectivity index (χ4n) is 2.06. The minimum atomic E-state index is -1.60. The summed E-state index contributed by atoms with van der Waals surface area (Å²) >= 11 is 0. The van der Waals surface area contributed by atoms with Crippen LogP contribution in [-0.2, 0) is 14.0 Å². The molecule has 6 atom stereocenters. The molecule has 0 saturated carbocycles. The Morgan fingerprint density at radius 2 is 1.96 bits per heavy atom. The summed E-state index contributed by atoms with van der Waals surface area (Å²) in [5, 5.41) is 30.0. The Morgan fingerprint density at radius 3 is 2.52 bits per heavy atom. The Balaban J connectivity index is 2.76. The van der Waals surface area contributed by atoms with Crippen LogP contribution >= 0.6 is 8.38 Å². The summed E-state index contributed by atoms with van der Waals surface area (Å²) in [5.41, 5.74) is 0. The molecule has 4 unspecified atom stereocenters. The molecule has 0 aromatic carbocycles. The number of ether oxygens (including phenoxy) is 2. The van der Waals surface area contributed by atoms with Crippen molar-refractivity contribution in [3.05, 3.63) is 36.6 Å². The lowest BCUT2D eigenvalue weighted by atomic mass is 9.97. The fourth-order valence-corrected chi connectivity index (χ4v) is 2.72. The molecule has 0 amide bonds. The van der Waals surface area contributed by atoms with Crippen LogP contribution in [0.3, 0.4) is 0 Å². The van der Waals surface area contributed by atoms with E-state index in [-0.39, 0.29) is 12.6 Å². The molecule has 1 aliphatic rings. The van der Waals surface area contributed by atoms with Crippen molar-refractivity contribution in [1.82, 2.24) is 0 Å². The van der Waals surface area contributed by atoms with Gasteiger partial charge in [-0.1, -0.05) is 18.7 Å². The van der Waals surface area contributed by atoms with Gasteiger partial charge in [-0.2, -0.15) is 0 Å². The molecular formula is C15H25O7P. The van der Waals surface area contributed by atoms with Crippen molar-refractivity contribution < 1.29 is 34.2 Å². The van der Waals surface area contributed by atoms with Crippen LogP contribution in [0.1, 0.15) is 13.3 Å². The lowest BCUT2D eigenvalue weighted by Gasteiger charge is -2.40. The highest BCUT2D eigenvalue weighted by Crippen LogP contribution is 2.34. The normalized spacial score (nSPS) is 33.7. The van der Waals surface area contributed by atoms with Gasteiger partial charge >= 0.3 is 0 Å². The van der Waals surface area contributed by atoms with Gasteiger partial charge in [0.05, 0.1) is 6.10 Å². The summed E-state index contributed by atoms with van der Waals surface area (Å²) < 4.78 is 15.8. The number of hydrogen-bond donors (Lipinski definition) is 4. The number of allylic oxidation sites excluding steroid dienone is 4. The van der Waals surface area contributed by atoms with Crippen molar-refractivity contribution >= 4 is 8.38 Å². The van der Waals surface area contributed by atoms with Gasteiger partial charge in [-0.05, 0) is 25.5 Å². The summed E-state index contributed by atoms with van der Waals surface area (Å²) in [5.74, 6) is 0.357. The molecule has 0 bridgehead atoms. The Labute approximate surface area is 137 Å². The number of rotatable bonds is 8. The third-order valence-electron chi connectivity index (χ3n) is 3.39. The molecule has 132 valence electrons. The van der Waals surface area contributed by atoms with Gasteiger partial charge in [-0.15, -0.1) is 0 Å². The second-order valence-corrected chi connectivity index (χ2v) is 6.50. The van der Waals surface area contributed by atoms with E-state index >= 15 is 0 Å². The summed E-state index contributed by atoms with van der Waals surface area (Å²) in [7, 11) is -0.217. The van der Waals surface area contributed by atoms with Gasteiger partial charge in [0.1, 0.15) is 24.1 Å². The molecule has 0 aromatic heterocycles. The number of aliphatic hydroxyl groups excluding tert-OH is 3. The second kappa shape index (κ2) is 10.2. The minimum Gasteiger partial charge on any atom is -0.462 e. The van der Waals surface area contributed by atoms with Crippen LogP contribution in [0.25, 0.3) is 0 Å². The van der Waals surface area contributed by atoms with Gasteiger partial charge in [-0.3, -0.25) is 0 Å². The molecule has 1 fully saturated rings. The standard InChI is InChI=1S/C15H25O7P/c1-4-6-7-10(5-2)21-15-14(18)13(17)12(16)11(22-15)8-9-23(19)20-3/h4-7,11-19H,2,8-9H2,1,3H3/b6-4-,10-7+/t11?,12-,13?,14?,15+,23?/m1/s1. The summed E-state index contributed by atoms with van der Waals surface area (Å²) in [6.07, 6.45) is 1.07. The third kappa shape index (κ3) is 5.97. The van der Waals surface area contributed by atoms with Gasteiger partial charge in [-0.25, -0.2) is 0 Å². The lowest BCUT2D eigenvalue weighted by molar-refractivity contribution is -0.285. The Hall–Kier alpha value is -0.790. The van der Waals surface area contributed by atoms with Crippen LogP contribution in [0.15, 0.2) is 36.6 Å². The smallest absolute Gasteiger partial charge is 0.229 e. The first-order valence-electron chi connectivity index (χ1n) is 7.26. The summed E-state index contributed by atoms with van der Waals surface area (Å²) in [6, 6.07) is 0. The maximum atomic E-state index is 10.0. The maximum Gasteiger partial charge on any atom is 0.229 e. The highest BCUT2D eigenvalue weighted by molar-refractivity contribution is 7.46. The van der Waals surface area contributed by atoms with Crippen LogP contribution in [-0.4, -0.2) is 64.2 Å². The minimum absolute atomic E-state index is 0.253. The molecule has 1 heterocycles. The molecule has 1 saturated heterocycles. The van der Waals surface area contributed by atoms with E-state index in [1.54, 1.807) is 18.2 Å². The molecule has 0 radical (unpaired) electrons. The molecule has 4 N–H and O–H groups in total. The first kappa shape index (κ1) is 20.3. The van der Waals surface area contributed by atoms with E-state index in [1.165, 1.54) is 13.2 Å². The number of hydrogen-bond acceptors (Lipinski definition) is 7. The van der Waals surface area contributed by atoms with E-state index in [2.05, 4.69) is 6.58 Å². The quantitative estimate of drug-likeness (QED) is 0.292. The van der Waals surface area contributed by atoms with Crippen molar-refractivity contribution in [3.63, 3.8) is 0 Å². The van der Waals surface area contributed by atoms with Gasteiger partial charge in [0.25, 0.3) is 0 Å². The monoisotopic (exact) mass is 348 g/mol. The highest BCUT2D eigenvalue weighted by atomic mass is 31.2. The third-order valence-corrected chi connectivity index (χ3v) is 4.45. The fraction of sp³-hybridized carbons (Fsp3) is 0.600. The molecule has 1 rings (SSSR count).